The number of hydrogen-bond acceptors (Lipinski definition) is 3. The zero-order valence-electron chi connectivity index (χ0n) is 9.60. The second-order valence-corrected chi connectivity index (χ2v) is 4.76. The van der Waals surface area contributed by atoms with Crippen LogP contribution in [0.15, 0.2) is 18.2 Å². The average Bonchev–Trinajstić information content (AvgIpc) is 2.26. The predicted octanol–water partition coefficient (Wildman–Crippen LogP) is 2.50. The van der Waals surface area contributed by atoms with Crippen LogP contribution in [0.1, 0.15) is 29.6 Å². The first kappa shape index (κ1) is 12.4. The third-order valence-electron chi connectivity index (χ3n) is 3.29. The van der Waals surface area contributed by atoms with E-state index in [1.54, 1.807) is 18.2 Å². The van der Waals surface area contributed by atoms with E-state index in [1.165, 1.54) is 6.42 Å². The highest BCUT2D eigenvalue weighted by atomic mass is 35.5. The lowest BCUT2D eigenvalue weighted by atomic mass is 9.90. The first-order valence-electron chi connectivity index (χ1n) is 5.88. The number of aldehydes is 1. The quantitative estimate of drug-likeness (QED) is 0.820. The molecule has 1 saturated carbocycles. The van der Waals surface area contributed by atoms with Crippen LogP contribution in [0.25, 0.3) is 0 Å². The standard InChI is InChI=1S/C13H16ClNO2/c14-11-5-4-10(9-17)13(8-11)15(6-7-16)12-2-1-3-12/h4-5,8-9,12,16H,1-3,6-7H2. The molecule has 1 N–H and O–H groups in total. The van der Waals surface area contributed by atoms with E-state index in [0.29, 0.717) is 23.2 Å². The van der Waals surface area contributed by atoms with Crippen molar-refractivity contribution in [1.82, 2.24) is 0 Å². The van der Waals surface area contributed by atoms with E-state index in [1.807, 2.05) is 0 Å². The van der Waals surface area contributed by atoms with E-state index in [9.17, 15) is 4.79 Å². The number of benzene rings is 1. The summed E-state index contributed by atoms with van der Waals surface area (Å²) in [4.78, 5) is 13.1. The van der Waals surface area contributed by atoms with Crippen LogP contribution in [0.2, 0.25) is 5.02 Å². The lowest BCUT2D eigenvalue weighted by Crippen LogP contribution is -2.42. The number of aliphatic hydroxyl groups is 1. The summed E-state index contributed by atoms with van der Waals surface area (Å²) < 4.78 is 0. The number of carbonyl (C=O) groups excluding carboxylic acids is 1. The van der Waals surface area contributed by atoms with Gasteiger partial charge in [-0.3, -0.25) is 4.79 Å². The van der Waals surface area contributed by atoms with Crippen molar-refractivity contribution < 1.29 is 9.90 Å². The molecule has 0 aromatic heterocycles. The Bertz CT molecular complexity index is 404. The number of anilines is 1. The molecule has 1 aromatic carbocycles. The molecule has 4 heteroatoms. The van der Waals surface area contributed by atoms with Gasteiger partial charge in [-0.25, -0.2) is 0 Å². The van der Waals surface area contributed by atoms with Crippen molar-refractivity contribution in [3.8, 4) is 0 Å². The highest BCUT2D eigenvalue weighted by Crippen LogP contribution is 2.32. The average molecular weight is 254 g/mol. The Balaban J connectivity index is 2.32. The Morgan fingerprint density at radius 2 is 2.24 bits per heavy atom. The van der Waals surface area contributed by atoms with Crippen LogP contribution < -0.4 is 4.90 Å². The van der Waals surface area contributed by atoms with Gasteiger partial charge in [0.15, 0.2) is 6.29 Å². The zero-order valence-corrected chi connectivity index (χ0v) is 10.4. The fourth-order valence-electron chi connectivity index (χ4n) is 2.17. The van der Waals surface area contributed by atoms with Gasteiger partial charge in [-0.2, -0.15) is 0 Å². The van der Waals surface area contributed by atoms with Crippen molar-refractivity contribution in [2.24, 2.45) is 0 Å². The minimum atomic E-state index is 0.0846. The number of rotatable bonds is 5. The Labute approximate surface area is 106 Å². The van der Waals surface area contributed by atoms with Crippen LogP contribution in [0.5, 0.6) is 0 Å². The van der Waals surface area contributed by atoms with Gasteiger partial charge in [0.25, 0.3) is 0 Å². The van der Waals surface area contributed by atoms with Gasteiger partial charge in [0.1, 0.15) is 0 Å². The molecule has 1 aliphatic carbocycles. The van der Waals surface area contributed by atoms with Gasteiger partial charge in [0, 0.05) is 28.9 Å². The summed E-state index contributed by atoms with van der Waals surface area (Å²) in [6, 6.07) is 5.68. The van der Waals surface area contributed by atoms with Crippen molar-refractivity contribution in [3.63, 3.8) is 0 Å². The third-order valence-corrected chi connectivity index (χ3v) is 3.52. The van der Waals surface area contributed by atoms with E-state index in [-0.39, 0.29) is 6.61 Å². The van der Waals surface area contributed by atoms with Gasteiger partial charge in [0.2, 0.25) is 0 Å². The molecule has 0 heterocycles. The molecule has 0 atom stereocenters. The van der Waals surface area contributed by atoms with Crippen LogP contribution in [0.4, 0.5) is 5.69 Å². The zero-order chi connectivity index (χ0) is 12.3. The van der Waals surface area contributed by atoms with Crippen LogP contribution >= 0.6 is 11.6 Å². The molecular weight excluding hydrogens is 238 g/mol. The van der Waals surface area contributed by atoms with Crippen LogP contribution in [0.3, 0.4) is 0 Å². The van der Waals surface area contributed by atoms with Crippen molar-refractivity contribution in [3.05, 3.63) is 28.8 Å². The second-order valence-electron chi connectivity index (χ2n) is 4.32. The normalized spacial score (nSPS) is 15.4. The van der Waals surface area contributed by atoms with Gasteiger partial charge in [-0.15, -0.1) is 0 Å². The van der Waals surface area contributed by atoms with Crippen LogP contribution in [-0.2, 0) is 0 Å². The molecule has 3 nitrogen and oxygen atoms in total. The molecule has 17 heavy (non-hydrogen) atoms. The summed E-state index contributed by atoms with van der Waals surface area (Å²) >= 11 is 5.98. The number of aliphatic hydroxyl groups excluding tert-OH is 1. The fourth-order valence-corrected chi connectivity index (χ4v) is 2.34. The maximum atomic E-state index is 11.0. The molecule has 0 radical (unpaired) electrons. The van der Waals surface area contributed by atoms with Crippen molar-refractivity contribution in [2.45, 2.75) is 25.3 Å². The van der Waals surface area contributed by atoms with Gasteiger partial charge in [0.05, 0.1) is 6.61 Å². The minimum Gasteiger partial charge on any atom is -0.395 e. The highest BCUT2D eigenvalue weighted by Gasteiger charge is 2.26. The maximum Gasteiger partial charge on any atom is 0.152 e. The molecule has 2 rings (SSSR count). The smallest absolute Gasteiger partial charge is 0.152 e. The van der Waals surface area contributed by atoms with Gasteiger partial charge in [-0.1, -0.05) is 11.6 Å². The lowest BCUT2D eigenvalue weighted by molar-refractivity contribution is 0.112. The van der Waals surface area contributed by atoms with E-state index < -0.39 is 0 Å². The molecule has 0 bridgehead atoms. The topological polar surface area (TPSA) is 40.5 Å². The van der Waals surface area contributed by atoms with Crippen molar-refractivity contribution >= 4 is 23.6 Å². The molecule has 1 aliphatic rings. The second kappa shape index (κ2) is 5.52. The first-order valence-corrected chi connectivity index (χ1v) is 6.26. The molecular formula is C13H16ClNO2. The molecule has 1 fully saturated rings. The molecule has 0 unspecified atom stereocenters. The Morgan fingerprint density at radius 3 is 2.76 bits per heavy atom. The third kappa shape index (κ3) is 2.61. The van der Waals surface area contributed by atoms with Gasteiger partial charge < -0.3 is 10.0 Å². The predicted molar refractivity (Wildman–Crippen MR) is 68.9 cm³/mol. The maximum absolute atomic E-state index is 11.0. The molecule has 0 spiro atoms. The van der Waals surface area contributed by atoms with Crippen LogP contribution in [0, 0.1) is 0 Å². The molecule has 1 aromatic rings. The van der Waals surface area contributed by atoms with Crippen molar-refractivity contribution in [1.29, 1.82) is 0 Å². The van der Waals surface area contributed by atoms with E-state index in [4.69, 9.17) is 16.7 Å². The molecule has 0 amide bonds. The SMILES string of the molecule is O=Cc1ccc(Cl)cc1N(CCO)C1CCC1. The molecule has 92 valence electrons. The van der Waals surface area contributed by atoms with Crippen LogP contribution in [-0.4, -0.2) is 30.6 Å². The lowest BCUT2D eigenvalue weighted by Gasteiger charge is -2.39. The Kier molecular flexibility index (Phi) is 4.02. The summed E-state index contributed by atoms with van der Waals surface area (Å²) in [5.41, 5.74) is 1.47. The molecule has 0 aliphatic heterocycles. The van der Waals surface area contributed by atoms with Gasteiger partial charge in [-0.05, 0) is 37.5 Å². The molecule has 0 saturated heterocycles. The number of halogens is 1. The van der Waals surface area contributed by atoms with Crippen molar-refractivity contribution in [2.75, 3.05) is 18.1 Å². The summed E-state index contributed by atoms with van der Waals surface area (Å²) in [6.07, 6.45) is 4.29. The summed E-state index contributed by atoms with van der Waals surface area (Å²) in [5, 5.41) is 9.75. The Morgan fingerprint density at radius 1 is 1.47 bits per heavy atom. The fraction of sp³-hybridized carbons (Fsp3) is 0.462. The van der Waals surface area contributed by atoms with E-state index in [2.05, 4.69) is 4.90 Å². The number of nitrogens with zero attached hydrogens (tertiary/aromatic N) is 1. The summed E-state index contributed by atoms with van der Waals surface area (Å²) in [6.45, 7) is 0.632. The first-order chi connectivity index (χ1) is 8.26. The number of carbonyl (C=O) groups is 1. The minimum absolute atomic E-state index is 0.0846. The summed E-state index contributed by atoms with van der Waals surface area (Å²) in [5.74, 6) is 0. The van der Waals surface area contributed by atoms with Gasteiger partial charge >= 0.3 is 0 Å². The van der Waals surface area contributed by atoms with E-state index >= 15 is 0 Å². The Hall–Kier alpha value is -1.06. The van der Waals surface area contributed by atoms with E-state index in [0.717, 1.165) is 24.8 Å². The largest absolute Gasteiger partial charge is 0.395 e. The highest BCUT2D eigenvalue weighted by molar-refractivity contribution is 6.31. The monoisotopic (exact) mass is 253 g/mol. The number of hydrogen-bond donors (Lipinski definition) is 1. The summed E-state index contributed by atoms with van der Waals surface area (Å²) in [7, 11) is 0.